The lowest BCUT2D eigenvalue weighted by molar-refractivity contribution is -0.126. The molecule has 0 bridgehead atoms. The van der Waals surface area contributed by atoms with Crippen LogP contribution in [-0.4, -0.2) is 35.8 Å². The number of aryl methyl sites for hydroxylation is 1. The van der Waals surface area contributed by atoms with Gasteiger partial charge in [-0.15, -0.1) is 0 Å². The highest BCUT2D eigenvalue weighted by molar-refractivity contribution is 5.99. The van der Waals surface area contributed by atoms with Crippen molar-refractivity contribution in [3.8, 4) is 0 Å². The van der Waals surface area contributed by atoms with Crippen molar-refractivity contribution in [2.45, 2.75) is 39.7 Å². The maximum atomic E-state index is 13.0. The molecule has 2 heterocycles. The third kappa shape index (κ3) is 3.49. The van der Waals surface area contributed by atoms with Crippen LogP contribution in [0.5, 0.6) is 0 Å². The molecule has 0 aliphatic carbocycles. The second kappa shape index (κ2) is 7.32. The van der Waals surface area contributed by atoms with E-state index in [1.807, 2.05) is 26.0 Å². The summed E-state index contributed by atoms with van der Waals surface area (Å²) in [6, 6.07) is 7.24. The summed E-state index contributed by atoms with van der Waals surface area (Å²) in [5.74, 6) is -0.647. The molecule has 0 radical (unpaired) electrons. The maximum Gasteiger partial charge on any atom is 0.349 e. The van der Waals surface area contributed by atoms with E-state index < -0.39 is 5.63 Å². The van der Waals surface area contributed by atoms with Crippen molar-refractivity contribution in [2.24, 2.45) is 5.92 Å². The van der Waals surface area contributed by atoms with Crippen LogP contribution >= 0.6 is 0 Å². The predicted octanol–water partition coefficient (Wildman–Crippen LogP) is 2.48. The molecular weight excluding hydrogens is 332 g/mol. The Morgan fingerprint density at radius 1 is 1.27 bits per heavy atom. The zero-order chi connectivity index (χ0) is 18.8. The molecule has 6 nitrogen and oxygen atoms in total. The van der Waals surface area contributed by atoms with Crippen LogP contribution in [0.2, 0.25) is 0 Å². The number of benzene rings is 1. The van der Waals surface area contributed by atoms with Crippen molar-refractivity contribution < 1.29 is 14.0 Å². The van der Waals surface area contributed by atoms with E-state index in [0.717, 1.165) is 18.2 Å². The molecule has 1 atom stereocenters. The number of nitrogens with one attached hydrogen (secondary N) is 1. The largest absolute Gasteiger partial charge is 0.422 e. The summed E-state index contributed by atoms with van der Waals surface area (Å²) in [4.78, 5) is 39.3. The minimum Gasteiger partial charge on any atom is -0.422 e. The number of carbonyl (C=O) groups excluding carboxylic acids is 2. The van der Waals surface area contributed by atoms with Crippen LogP contribution in [0.25, 0.3) is 11.0 Å². The molecule has 26 heavy (non-hydrogen) atoms. The SMILES string of the molecule is Cc1c(C(=O)N2CCCC(C(=O)NC(C)C)C2)c(=O)oc2ccccc12. The van der Waals surface area contributed by atoms with Crippen LogP contribution in [0.1, 0.15) is 42.6 Å². The molecule has 3 rings (SSSR count). The van der Waals surface area contributed by atoms with Crippen LogP contribution in [0.4, 0.5) is 0 Å². The molecule has 2 amide bonds. The highest BCUT2D eigenvalue weighted by atomic mass is 16.4. The van der Waals surface area contributed by atoms with Crippen LogP contribution in [0.3, 0.4) is 0 Å². The first-order valence-electron chi connectivity index (χ1n) is 9.00. The van der Waals surface area contributed by atoms with Gasteiger partial charge in [0.05, 0.1) is 5.92 Å². The molecule has 1 saturated heterocycles. The molecule has 138 valence electrons. The van der Waals surface area contributed by atoms with Gasteiger partial charge in [-0.25, -0.2) is 4.79 Å². The van der Waals surface area contributed by atoms with E-state index in [-0.39, 0.29) is 29.3 Å². The third-order valence-electron chi connectivity index (χ3n) is 4.80. The minimum atomic E-state index is -0.625. The van der Waals surface area contributed by atoms with Crippen molar-refractivity contribution in [2.75, 3.05) is 13.1 Å². The van der Waals surface area contributed by atoms with Crippen molar-refractivity contribution in [1.82, 2.24) is 10.2 Å². The number of fused-ring (bicyclic) bond motifs is 1. The van der Waals surface area contributed by atoms with E-state index in [4.69, 9.17) is 4.42 Å². The number of carbonyl (C=O) groups is 2. The van der Waals surface area contributed by atoms with Gasteiger partial charge in [0.1, 0.15) is 11.1 Å². The van der Waals surface area contributed by atoms with E-state index in [1.54, 1.807) is 24.0 Å². The molecule has 1 N–H and O–H groups in total. The van der Waals surface area contributed by atoms with Gasteiger partial charge in [0, 0.05) is 24.5 Å². The molecule has 1 fully saturated rings. The molecule has 1 aliphatic heterocycles. The number of piperidine rings is 1. The van der Waals surface area contributed by atoms with E-state index in [1.165, 1.54) is 0 Å². The van der Waals surface area contributed by atoms with Gasteiger partial charge in [-0.05, 0) is 45.2 Å². The Bertz CT molecular complexity index is 900. The van der Waals surface area contributed by atoms with E-state index in [2.05, 4.69) is 5.32 Å². The second-order valence-electron chi connectivity index (χ2n) is 7.14. The molecule has 2 aromatic rings. The van der Waals surface area contributed by atoms with Gasteiger partial charge in [-0.3, -0.25) is 9.59 Å². The molecule has 0 saturated carbocycles. The molecular formula is C20H24N2O4. The maximum absolute atomic E-state index is 13.0. The fraction of sp³-hybridized carbons (Fsp3) is 0.450. The molecule has 1 aromatic carbocycles. The fourth-order valence-corrected chi connectivity index (χ4v) is 3.49. The standard InChI is InChI=1S/C20H24N2O4/c1-12(2)21-18(23)14-7-6-10-22(11-14)19(24)17-13(3)15-8-4-5-9-16(15)26-20(17)25/h4-5,8-9,12,14H,6-7,10-11H2,1-3H3,(H,21,23). The average molecular weight is 356 g/mol. The van der Waals surface area contributed by atoms with Gasteiger partial charge in [0.2, 0.25) is 5.91 Å². The smallest absolute Gasteiger partial charge is 0.349 e. The zero-order valence-electron chi connectivity index (χ0n) is 15.4. The third-order valence-corrected chi connectivity index (χ3v) is 4.80. The summed E-state index contributed by atoms with van der Waals surface area (Å²) in [6.07, 6.45) is 1.48. The van der Waals surface area contributed by atoms with Crippen LogP contribution in [0.15, 0.2) is 33.5 Å². The summed E-state index contributed by atoms with van der Waals surface area (Å²) in [5.41, 5.74) is 0.531. The Morgan fingerprint density at radius 2 is 2.00 bits per heavy atom. The van der Waals surface area contributed by atoms with Gasteiger partial charge in [-0.1, -0.05) is 18.2 Å². The first-order valence-corrected chi connectivity index (χ1v) is 9.00. The minimum absolute atomic E-state index is 0.0419. The monoisotopic (exact) mass is 356 g/mol. The van der Waals surface area contributed by atoms with Gasteiger partial charge >= 0.3 is 5.63 Å². The first kappa shape index (κ1) is 18.2. The number of hydrogen-bond acceptors (Lipinski definition) is 4. The summed E-state index contributed by atoms with van der Waals surface area (Å²) < 4.78 is 5.33. The van der Waals surface area contributed by atoms with Crippen LogP contribution in [-0.2, 0) is 4.79 Å². The number of hydrogen-bond donors (Lipinski definition) is 1. The molecule has 1 aliphatic rings. The van der Waals surface area contributed by atoms with E-state index in [9.17, 15) is 14.4 Å². The molecule has 1 aromatic heterocycles. The first-order chi connectivity index (χ1) is 12.4. The number of nitrogens with zero attached hydrogens (tertiary/aromatic N) is 1. The van der Waals surface area contributed by atoms with Gasteiger partial charge in [0.25, 0.3) is 5.91 Å². The Balaban J connectivity index is 1.88. The number of para-hydroxylation sites is 1. The van der Waals surface area contributed by atoms with E-state index in [0.29, 0.717) is 24.2 Å². The normalized spacial score (nSPS) is 17.5. The summed E-state index contributed by atoms with van der Waals surface area (Å²) in [7, 11) is 0. The topological polar surface area (TPSA) is 79.6 Å². The van der Waals surface area contributed by atoms with Gasteiger partial charge < -0.3 is 14.6 Å². The fourth-order valence-electron chi connectivity index (χ4n) is 3.49. The summed E-state index contributed by atoms with van der Waals surface area (Å²) >= 11 is 0. The molecule has 6 heteroatoms. The summed E-state index contributed by atoms with van der Waals surface area (Å²) in [5, 5.41) is 3.65. The summed E-state index contributed by atoms with van der Waals surface area (Å²) in [6.45, 7) is 6.44. The van der Waals surface area contributed by atoms with Crippen molar-refractivity contribution >= 4 is 22.8 Å². The van der Waals surface area contributed by atoms with E-state index >= 15 is 0 Å². The Kier molecular flexibility index (Phi) is 5.11. The number of rotatable bonds is 3. The van der Waals surface area contributed by atoms with Gasteiger partial charge in [-0.2, -0.15) is 0 Å². The van der Waals surface area contributed by atoms with Crippen molar-refractivity contribution in [3.63, 3.8) is 0 Å². The quantitative estimate of drug-likeness (QED) is 0.857. The lowest BCUT2D eigenvalue weighted by Crippen LogP contribution is -2.47. The van der Waals surface area contributed by atoms with Crippen molar-refractivity contribution in [1.29, 1.82) is 0 Å². The van der Waals surface area contributed by atoms with Gasteiger partial charge in [0.15, 0.2) is 0 Å². The van der Waals surface area contributed by atoms with Crippen LogP contribution in [0, 0.1) is 12.8 Å². The zero-order valence-corrected chi connectivity index (χ0v) is 15.4. The molecule has 0 spiro atoms. The lowest BCUT2D eigenvalue weighted by Gasteiger charge is -2.32. The Hall–Kier alpha value is -2.63. The number of likely N-dealkylation sites (tertiary alicyclic amines) is 1. The highest BCUT2D eigenvalue weighted by Gasteiger charge is 2.31. The predicted molar refractivity (Wildman–Crippen MR) is 99.1 cm³/mol. The van der Waals surface area contributed by atoms with Crippen molar-refractivity contribution in [3.05, 3.63) is 45.8 Å². The Morgan fingerprint density at radius 3 is 2.73 bits per heavy atom. The molecule has 1 unspecified atom stereocenters. The highest BCUT2D eigenvalue weighted by Crippen LogP contribution is 2.23. The lowest BCUT2D eigenvalue weighted by atomic mass is 9.95. The van der Waals surface area contributed by atoms with Crippen LogP contribution < -0.4 is 10.9 Å². The number of amides is 2. The Labute approximate surface area is 152 Å². The average Bonchev–Trinajstić information content (AvgIpc) is 2.61. The second-order valence-corrected chi connectivity index (χ2v) is 7.14.